The highest BCUT2D eigenvalue weighted by Crippen LogP contribution is 2.45. The number of carbonyl (C=O) groups excluding carboxylic acids is 1. The molecule has 2 atom stereocenters. The highest BCUT2D eigenvalue weighted by atomic mass is 35.5. The Hall–Kier alpha value is -2.04. The average molecular weight is 556 g/mol. The molecule has 0 radical (unpaired) electrons. The van der Waals surface area contributed by atoms with Crippen molar-refractivity contribution in [1.82, 2.24) is 4.90 Å². The molecule has 4 nitrogen and oxygen atoms in total. The molecular formula is C34H50ClNO3. The Labute approximate surface area is 242 Å². The van der Waals surface area contributed by atoms with Crippen molar-refractivity contribution in [3.8, 4) is 5.75 Å². The lowest BCUT2D eigenvalue weighted by Gasteiger charge is -2.25. The summed E-state index contributed by atoms with van der Waals surface area (Å²) in [7, 11) is 0. The van der Waals surface area contributed by atoms with E-state index in [9.17, 15) is 4.79 Å². The van der Waals surface area contributed by atoms with E-state index in [1.54, 1.807) is 6.08 Å². The Morgan fingerprint density at radius 2 is 1.67 bits per heavy atom. The minimum absolute atomic E-state index is 0.101. The van der Waals surface area contributed by atoms with Crippen LogP contribution in [-0.2, 0) is 9.53 Å². The van der Waals surface area contributed by atoms with E-state index in [1.807, 2.05) is 39.0 Å². The summed E-state index contributed by atoms with van der Waals surface area (Å²) in [6, 6.07) is 8.23. The van der Waals surface area contributed by atoms with E-state index < -0.39 is 5.41 Å². The molecule has 1 saturated heterocycles. The van der Waals surface area contributed by atoms with Gasteiger partial charge in [-0.3, -0.25) is 9.69 Å². The van der Waals surface area contributed by atoms with Crippen molar-refractivity contribution in [3.05, 3.63) is 64.9 Å². The van der Waals surface area contributed by atoms with Gasteiger partial charge in [-0.25, -0.2) is 0 Å². The van der Waals surface area contributed by atoms with Crippen molar-refractivity contribution >= 4 is 17.6 Å². The number of allylic oxidation sites excluding steroid dienone is 4. The lowest BCUT2D eigenvalue weighted by molar-refractivity contribution is -0.159. The number of para-hydroxylation sites is 1. The first-order chi connectivity index (χ1) is 18.8. The molecule has 5 heteroatoms. The third kappa shape index (κ3) is 9.25. The summed E-state index contributed by atoms with van der Waals surface area (Å²) >= 11 is 6.38. The fourth-order valence-electron chi connectivity index (χ4n) is 5.90. The van der Waals surface area contributed by atoms with Crippen LogP contribution in [0, 0.1) is 11.3 Å². The molecule has 2 unspecified atom stereocenters. The van der Waals surface area contributed by atoms with Gasteiger partial charge in [0.15, 0.2) is 0 Å². The van der Waals surface area contributed by atoms with Gasteiger partial charge in [-0.15, -0.1) is 0 Å². The van der Waals surface area contributed by atoms with Crippen LogP contribution in [0.5, 0.6) is 5.75 Å². The highest BCUT2D eigenvalue weighted by Gasteiger charge is 2.40. The van der Waals surface area contributed by atoms with Crippen LogP contribution >= 0.6 is 11.6 Å². The molecule has 1 aromatic rings. The van der Waals surface area contributed by atoms with E-state index in [1.165, 1.54) is 63.4 Å². The van der Waals surface area contributed by atoms with Gasteiger partial charge >= 0.3 is 5.97 Å². The number of fused-ring (bicyclic) bond motifs is 3. The number of nitrogens with zero attached hydrogens (tertiary/aromatic N) is 1. The summed E-state index contributed by atoms with van der Waals surface area (Å²) in [4.78, 5) is 15.3. The minimum Gasteiger partial charge on any atom is -0.461 e. The normalized spacial score (nSPS) is 19.8. The molecule has 0 saturated carbocycles. The Bertz CT molecular complexity index is 1010. The van der Waals surface area contributed by atoms with Gasteiger partial charge in [0.25, 0.3) is 0 Å². The molecule has 0 aliphatic carbocycles. The summed E-state index contributed by atoms with van der Waals surface area (Å²) in [5.41, 5.74) is 1.80. The topological polar surface area (TPSA) is 38.8 Å². The van der Waals surface area contributed by atoms with E-state index in [2.05, 4.69) is 30.5 Å². The van der Waals surface area contributed by atoms with Crippen molar-refractivity contribution in [1.29, 1.82) is 0 Å². The van der Waals surface area contributed by atoms with Crippen LogP contribution in [0.4, 0.5) is 0 Å². The molecule has 2 heterocycles. The predicted octanol–water partition coefficient (Wildman–Crippen LogP) is 9.51. The maximum absolute atomic E-state index is 13.1. The maximum atomic E-state index is 13.1. The smallest absolute Gasteiger partial charge is 0.312 e. The van der Waals surface area contributed by atoms with Crippen molar-refractivity contribution in [2.45, 2.75) is 104 Å². The molecule has 0 amide bonds. The molecule has 3 rings (SSSR count). The number of benzene rings is 1. The molecule has 0 spiro atoms. The zero-order valence-corrected chi connectivity index (χ0v) is 25.5. The first-order valence-electron chi connectivity index (χ1n) is 15.1. The molecule has 1 aromatic carbocycles. The molecule has 0 N–H and O–H groups in total. The van der Waals surface area contributed by atoms with Gasteiger partial charge in [0, 0.05) is 30.0 Å². The monoisotopic (exact) mass is 555 g/mol. The summed E-state index contributed by atoms with van der Waals surface area (Å²) in [6.07, 6.45) is 17.5. The Morgan fingerprint density at radius 1 is 1.05 bits per heavy atom. The van der Waals surface area contributed by atoms with Gasteiger partial charge in [0.05, 0.1) is 5.41 Å². The van der Waals surface area contributed by atoms with Crippen molar-refractivity contribution in [3.63, 3.8) is 0 Å². The first kappa shape index (κ1) is 31.5. The molecule has 216 valence electrons. The number of likely N-dealkylation sites (tertiary alicyclic amines) is 1. The number of esters is 1. The molecule has 0 bridgehead atoms. The van der Waals surface area contributed by atoms with Gasteiger partial charge in [0.2, 0.25) is 0 Å². The summed E-state index contributed by atoms with van der Waals surface area (Å²) in [5.74, 6) is 2.07. The van der Waals surface area contributed by atoms with Crippen molar-refractivity contribution in [2.24, 2.45) is 11.3 Å². The van der Waals surface area contributed by atoms with Gasteiger partial charge in [-0.2, -0.15) is 0 Å². The third-order valence-electron chi connectivity index (χ3n) is 8.36. The van der Waals surface area contributed by atoms with Crippen molar-refractivity contribution < 1.29 is 14.3 Å². The van der Waals surface area contributed by atoms with Gasteiger partial charge in [-0.1, -0.05) is 114 Å². The second kappa shape index (κ2) is 15.7. The van der Waals surface area contributed by atoms with E-state index in [0.29, 0.717) is 11.8 Å². The molecule has 2 aliphatic rings. The summed E-state index contributed by atoms with van der Waals surface area (Å²) < 4.78 is 12.2. The molecule has 2 aliphatic heterocycles. The van der Waals surface area contributed by atoms with Crippen LogP contribution in [0.15, 0.2) is 59.4 Å². The minimum atomic E-state index is -0.466. The number of unbranched alkanes of at least 4 members (excludes halogenated alkanes) is 9. The number of rotatable bonds is 16. The van der Waals surface area contributed by atoms with Crippen LogP contribution < -0.4 is 4.74 Å². The number of hydrogen-bond donors (Lipinski definition) is 0. The zero-order chi connectivity index (χ0) is 28.3. The van der Waals surface area contributed by atoms with Gasteiger partial charge in [0.1, 0.15) is 18.2 Å². The first-order valence-corrected chi connectivity index (χ1v) is 15.5. The lowest BCUT2D eigenvalue weighted by atomic mass is 9.83. The quantitative estimate of drug-likeness (QED) is 0.116. The number of carbonyl (C=O) groups is 1. The van der Waals surface area contributed by atoms with Crippen LogP contribution in [0.1, 0.15) is 110 Å². The lowest BCUT2D eigenvalue weighted by Crippen LogP contribution is -2.32. The molecular weight excluding hydrogens is 506 g/mol. The molecule has 1 fully saturated rings. The van der Waals surface area contributed by atoms with E-state index >= 15 is 0 Å². The largest absolute Gasteiger partial charge is 0.461 e. The Kier molecular flexibility index (Phi) is 12.7. The second-order valence-electron chi connectivity index (χ2n) is 12.0. The highest BCUT2D eigenvalue weighted by molar-refractivity contribution is 6.31. The van der Waals surface area contributed by atoms with Gasteiger partial charge in [-0.05, 0) is 50.5 Å². The third-order valence-corrected chi connectivity index (χ3v) is 8.62. The summed E-state index contributed by atoms with van der Waals surface area (Å²) in [5, 5.41) is 0.594. The average Bonchev–Trinajstić information content (AvgIpc) is 3.30. The number of halogens is 1. The Balaban J connectivity index is 1.50. The molecule has 39 heavy (non-hydrogen) atoms. The SMILES string of the molecule is C=C/C(Cl)=C\C1=C(C)Oc2ccccc2C2CN(COC(=O)C(C)(C)CCCCCCCCCCCC)CC12. The second-order valence-corrected chi connectivity index (χ2v) is 12.4. The van der Waals surface area contributed by atoms with E-state index in [4.69, 9.17) is 21.1 Å². The predicted molar refractivity (Wildman–Crippen MR) is 163 cm³/mol. The van der Waals surface area contributed by atoms with Crippen molar-refractivity contribution in [2.75, 3.05) is 19.8 Å². The fraction of sp³-hybridized carbons (Fsp3) is 0.618. The standard InChI is InChI=1S/C34H50ClNO3/c1-6-8-9-10-11-12-13-14-15-18-21-34(4,5)33(37)38-25-36-23-30-28-19-16-17-20-32(28)39-26(3)29(31(30)24-36)22-27(35)7-2/h7,16-17,19-20,22,30-31H,2,6,8-15,18,21,23-25H2,1,3-5H3/b27-22+. The molecule has 0 aromatic heterocycles. The van der Waals surface area contributed by atoms with E-state index in [-0.39, 0.29) is 17.8 Å². The zero-order valence-electron chi connectivity index (χ0n) is 24.8. The van der Waals surface area contributed by atoms with E-state index in [0.717, 1.165) is 43.0 Å². The number of hydrogen-bond acceptors (Lipinski definition) is 4. The number of ether oxygens (including phenoxy) is 2. The fourth-order valence-corrected chi connectivity index (χ4v) is 6.02. The van der Waals surface area contributed by atoms with Crippen LogP contribution in [0.3, 0.4) is 0 Å². The van der Waals surface area contributed by atoms with Crippen LogP contribution in [-0.4, -0.2) is 30.7 Å². The maximum Gasteiger partial charge on any atom is 0.312 e. The van der Waals surface area contributed by atoms with Crippen LogP contribution in [0.2, 0.25) is 0 Å². The Morgan fingerprint density at radius 3 is 2.33 bits per heavy atom. The van der Waals surface area contributed by atoms with Gasteiger partial charge < -0.3 is 9.47 Å². The van der Waals surface area contributed by atoms with Crippen LogP contribution in [0.25, 0.3) is 0 Å². The summed E-state index contributed by atoms with van der Waals surface area (Å²) in [6.45, 7) is 14.0.